The average molecular weight is 284 g/mol. The number of hydrogen-bond donors (Lipinski definition) is 1. The lowest BCUT2D eigenvalue weighted by Gasteiger charge is -2.18. The third kappa shape index (κ3) is 2.00. The van der Waals surface area contributed by atoms with Gasteiger partial charge in [-0.2, -0.15) is 0 Å². The molecule has 2 aliphatic rings. The van der Waals surface area contributed by atoms with E-state index in [0.29, 0.717) is 12.5 Å². The molecular formula is C17H20N2S. The van der Waals surface area contributed by atoms with Crippen LogP contribution in [0.4, 0.5) is 0 Å². The van der Waals surface area contributed by atoms with Gasteiger partial charge >= 0.3 is 0 Å². The van der Waals surface area contributed by atoms with Crippen LogP contribution in [0.1, 0.15) is 41.5 Å². The molecule has 2 nitrogen and oxygen atoms in total. The van der Waals surface area contributed by atoms with Crippen LogP contribution in [0.25, 0.3) is 11.3 Å². The van der Waals surface area contributed by atoms with Gasteiger partial charge < -0.3 is 5.73 Å². The smallest absolute Gasteiger partial charge is 0.0969 e. The minimum Gasteiger partial charge on any atom is -0.326 e. The first-order chi connectivity index (χ1) is 9.85. The maximum Gasteiger partial charge on any atom is 0.0969 e. The molecule has 4 rings (SSSR count). The predicted molar refractivity (Wildman–Crippen MR) is 83.6 cm³/mol. The van der Waals surface area contributed by atoms with Gasteiger partial charge in [-0.05, 0) is 31.1 Å². The van der Waals surface area contributed by atoms with E-state index >= 15 is 0 Å². The third-order valence-electron chi connectivity index (χ3n) is 5.00. The molecule has 3 heteroatoms. The van der Waals surface area contributed by atoms with E-state index in [1.807, 2.05) is 11.3 Å². The minimum atomic E-state index is 0.600. The third-order valence-corrected chi connectivity index (χ3v) is 6.21. The molecule has 1 aromatic carbocycles. The van der Waals surface area contributed by atoms with Crippen molar-refractivity contribution in [1.82, 2.24) is 4.98 Å². The zero-order valence-corrected chi connectivity index (χ0v) is 12.4. The lowest BCUT2D eigenvalue weighted by atomic mass is 9.89. The summed E-state index contributed by atoms with van der Waals surface area (Å²) in [4.78, 5) is 6.23. The van der Waals surface area contributed by atoms with E-state index in [0.717, 1.165) is 17.5 Å². The van der Waals surface area contributed by atoms with Gasteiger partial charge in [0.25, 0.3) is 0 Å². The van der Waals surface area contributed by atoms with Crippen LogP contribution in [0.3, 0.4) is 0 Å². The molecule has 0 radical (unpaired) electrons. The van der Waals surface area contributed by atoms with E-state index in [9.17, 15) is 0 Å². The van der Waals surface area contributed by atoms with Crippen LogP contribution in [0, 0.1) is 11.8 Å². The zero-order chi connectivity index (χ0) is 13.5. The van der Waals surface area contributed by atoms with Crippen LogP contribution >= 0.6 is 11.3 Å². The molecule has 0 amide bonds. The summed E-state index contributed by atoms with van der Waals surface area (Å²) in [5, 5.41) is 1.34. The fourth-order valence-electron chi connectivity index (χ4n) is 4.04. The number of aromatic nitrogens is 1. The SMILES string of the molecule is NCc1sc(C2CC3CCC2C3)nc1-c1ccccc1. The normalized spacial score (nSPS) is 28.1. The Kier molecular flexibility index (Phi) is 3.12. The standard InChI is InChI=1S/C17H20N2S/c18-10-15-16(12-4-2-1-3-5-12)19-17(20-15)14-9-11-6-7-13(14)8-11/h1-5,11,13-14H,6-10,18H2. The van der Waals surface area contributed by atoms with Crippen molar-refractivity contribution < 1.29 is 0 Å². The largest absolute Gasteiger partial charge is 0.326 e. The van der Waals surface area contributed by atoms with E-state index in [1.165, 1.54) is 41.1 Å². The molecule has 2 saturated carbocycles. The Hall–Kier alpha value is -1.19. The highest BCUT2D eigenvalue weighted by Gasteiger charge is 2.41. The van der Waals surface area contributed by atoms with Crippen LogP contribution in [0.15, 0.2) is 30.3 Å². The topological polar surface area (TPSA) is 38.9 Å². The second-order valence-corrected chi connectivity index (χ2v) is 7.29. The quantitative estimate of drug-likeness (QED) is 0.918. The first-order valence-electron chi connectivity index (χ1n) is 7.60. The Morgan fingerprint density at radius 2 is 2.00 bits per heavy atom. The van der Waals surface area contributed by atoms with Crippen LogP contribution < -0.4 is 5.73 Å². The molecule has 3 atom stereocenters. The molecule has 1 aromatic heterocycles. The first kappa shape index (κ1) is 12.5. The number of nitrogens with zero attached hydrogens (tertiary/aromatic N) is 1. The van der Waals surface area contributed by atoms with Crippen molar-refractivity contribution in [2.24, 2.45) is 17.6 Å². The predicted octanol–water partition coefficient (Wildman–Crippen LogP) is 4.17. The van der Waals surface area contributed by atoms with Gasteiger partial charge in [0.1, 0.15) is 0 Å². The van der Waals surface area contributed by atoms with Crippen molar-refractivity contribution in [3.63, 3.8) is 0 Å². The highest BCUT2D eigenvalue weighted by Crippen LogP contribution is 2.54. The molecule has 2 fully saturated rings. The number of thiazole rings is 1. The Labute approximate surface area is 124 Å². The molecule has 2 aromatic rings. The van der Waals surface area contributed by atoms with Gasteiger partial charge in [0.2, 0.25) is 0 Å². The lowest BCUT2D eigenvalue weighted by molar-refractivity contribution is 0.419. The van der Waals surface area contributed by atoms with E-state index in [2.05, 4.69) is 30.3 Å². The van der Waals surface area contributed by atoms with Gasteiger partial charge in [0.15, 0.2) is 0 Å². The highest BCUT2D eigenvalue weighted by molar-refractivity contribution is 7.12. The number of fused-ring (bicyclic) bond motifs is 2. The second kappa shape index (κ2) is 4.97. The van der Waals surface area contributed by atoms with Gasteiger partial charge in [0.05, 0.1) is 10.7 Å². The number of rotatable bonds is 3. The molecule has 0 aliphatic heterocycles. The number of hydrogen-bond acceptors (Lipinski definition) is 3. The fraction of sp³-hybridized carbons (Fsp3) is 0.471. The lowest BCUT2D eigenvalue weighted by Crippen LogP contribution is -2.07. The monoisotopic (exact) mass is 284 g/mol. The van der Waals surface area contributed by atoms with Gasteiger partial charge in [-0.1, -0.05) is 36.8 Å². The summed E-state index contributed by atoms with van der Waals surface area (Å²) in [6.45, 7) is 0.600. The molecule has 3 unspecified atom stereocenters. The van der Waals surface area contributed by atoms with Crippen molar-refractivity contribution in [1.29, 1.82) is 0 Å². The van der Waals surface area contributed by atoms with Crippen LogP contribution in [-0.2, 0) is 6.54 Å². The van der Waals surface area contributed by atoms with Crippen LogP contribution in [-0.4, -0.2) is 4.98 Å². The van der Waals surface area contributed by atoms with Gasteiger partial charge in [0, 0.05) is 22.9 Å². The summed E-state index contributed by atoms with van der Waals surface area (Å²) in [6, 6.07) is 10.5. The molecule has 0 spiro atoms. The van der Waals surface area contributed by atoms with E-state index < -0.39 is 0 Å². The maximum atomic E-state index is 5.95. The Balaban J connectivity index is 1.71. The van der Waals surface area contributed by atoms with Crippen molar-refractivity contribution in [3.05, 3.63) is 40.2 Å². The fourth-order valence-corrected chi connectivity index (χ4v) is 5.21. The summed E-state index contributed by atoms with van der Waals surface area (Å²) in [5.41, 5.74) is 8.27. The van der Waals surface area contributed by atoms with Gasteiger partial charge in [-0.3, -0.25) is 0 Å². The average Bonchev–Trinajstić information content (AvgIpc) is 3.22. The second-order valence-electron chi connectivity index (χ2n) is 6.18. The van der Waals surface area contributed by atoms with Gasteiger partial charge in [-0.25, -0.2) is 4.98 Å². The Morgan fingerprint density at radius 3 is 2.65 bits per heavy atom. The number of nitrogens with two attached hydrogens (primary N) is 1. The van der Waals surface area contributed by atoms with E-state index in [-0.39, 0.29) is 0 Å². The first-order valence-corrected chi connectivity index (χ1v) is 8.42. The highest BCUT2D eigenvalue weighted by atomic mass is 32.1. The molecular weight excluding hydrogens is 264 g/mol. The van der Waals surface area contributed by atoms with Crippen LogP contribution in [0.5, 0.6) is 0 Å². The van der Waals surface area contributed by atoms with Crippen molar-refractivity contribution in [2.45, 2.75) is 38.1 Å². The summed E-state index contributed by atoms with van der Waals surface area (Å²) in [7, 11) is 0. The molecule has 0 saturated heterocycles. The van der Waals surface area contributed by atoms with Gasteiger partial charge in [-0.15, -0.1) is 11.3 Å². The Bertz CT molecular complexity index is 605. The van der Waals surface area contributed by atoms with E-state index in [4.69, 9.17) is 10.7 Å². The zero-order valence-electron chi connectivity index (χ0n) is 11.6. The summed E-state index contributed by atoms with van der Waals surface area (Å²) in [6.07, 6.45) is 5.65. The summed E-state index contributed by atoms with van der Waals surface area (Å²) >= 11 is 1.86. The van der Waals surface area contributed by atoms with Crippen molar-refractivity contribution in [2.75, 3.05) is 0 Å². The van der Waals surface area contributed by atoms with Crippen LogP contribution in [0.2, 0.25) is 0 Å². The molecule has 104 valence electrons. The molecule has 2 aliphatic carbocycles. The summed E-state index contributed by atoms with van der Waals surface area (Å²) < 4.78 is 0. The van der Waals surface area contributed by atoms with E-state index in [1.54, 1.807) is 0 Å². The molecule has 20 heavy (non-hydrogen) atoms. The van der Waals surface area contributed by atoms with Crippen molar-refractivity contribution >= 4 is 11.3 Å². The minimum absolute atomic E-state index is 0.600. The summed E-state index contributed by atoms with van der Waals surface area (Å²) in [5.74, 6) is 2.57. The maximum absolute atomic E-state index is 5.95. The molecule has 1 heterocycles. The molecule has 2 bridgehead atoms. The Morgan fingerprint density at radius 1 is 1.15 bits per heavy atom. The number of benzene rings is 1. The molecule has 2 N–H and O–H groups in total. The van der Waals surface area contributed by atoms with Crippen molar-refractivity contribution in [3.8, 4) is 11.3 Å².